The number of hydrogen-bond acceptors (Lipinski definition) is 5. The molecule has 0 spiro atoms. The first-order valence-corrected chi connectivity index (χ1v) is 8.10. The van der Waals surface area contributed by atoms with Gasteiger partial charge in [0.15, 0.2) is 0 Å². The summed E-state index contributed by atoms with van der Waals surface area (Å²) in [6.45, 7) is 0. The lowest BCUT2D eigenvalue weighted by atomic mass is 9.86. The molecule has 2 aliphatic rings. The van der Waals surface area contributed by atoms with Gasteiger partial charge in [0.25, 0.3) is 23.6 Å². The second kappa shape index (κ2) is 5.01. The highest BCUT2D eigenvalue weighted by molar-refractivity contribution is 6.39. The number of rotatable bonds is 1. The molecule has 0 saturated carbocycles. The van der Waals surface area contributed by atoms with Crippen molar-refractivity contribution < 1.29 is 24.3 Å². The van der Waals surface area contributed by atoms with E-state index in [1.54, 1.807) is 0 Å². The van der Waals surface area contributed by atoms with Gasteiger partial charge < -0.3 is 5.11 Å². The number of amides is 4. The van der Waals surface area contributed by atoms with Crippen LogP contribution in [0.4, 0.5) is 5.69 Å². The van der Waals surface area contributed by atoms with Gasteiger partial charge in [0, 0.05) is 33.0 Å². The Morgan fingerprint density at radius 1 is 0.630 bits per heavy atom. The van der Waals surface area contributed by atoms with Crippen molar-refractivity contribution in [1.29, 1.82) is 0 Å². The van der Waals surface area contributed by atoms with Gasteiger partial charge >= 0.3 is 0 Å². The van der Waals surface area contributed by atoms with Crippen LogP contribution >= 0.6 is 0 Å². The van der Waals surface area contributed by atoms with Gasteiger partial charge in [-0.1, -0.05) is 0 Å². The van der Waals surface area contributed by atoms with Gasteiger partial charge in [-0.3, -0.25) is 24.5 Å². The number of aromatic hydroxyl groups is 1. The van der Waals surface area contributed by atoms with E-state index in [2.05, 4.69) is 5.32 Å². The van der Waals surface area contributed by atoms with Crippen molar-refractivity contribution in [3.05, 3.63) is 70.8 Å². The summed E-state index contributed by atoms with van der Waals surface area (Å²) >= 11 is 0. The van der Waals surface area contributed by atoms with Crippen LogP contribution in [0, 0.1) is 0 Å². The molecule has 0 bridgehead atoms. The third-order valence-electron chi connectivity index (χ3n) is 4.85. The van der Waals surface area contributed by atoms with E-state index < -0.39 is 23.6 Å². The molecule has 0 aliphatic carbocycles. The maximum Gasteiger partial charge on any atom is 0.265 e. The van der Waals surface area contributed by atoms with Crippen molar-refractivity contribution in [2.45, 2.75) is 0 Å². The van der Waals surface area contributed by atoms with Crippen molar-refractivity contribution in [2.75, 3.05) is 4.90 Å². The number of carbonyl (C=O) groups excluding carboxylic acids is 4. The molecule has 0 saturated heterocycles. The number of benzene rings is 3. The maximum atomic E-state index is 13.0. The Hall–Kier alpha value is -4.00. The summed E-state index contributed by atoms with van der Waals surface area (Å²) in [6.07, 6.45) is 0. The lowest BCUT2D eigenvalue weighted by molar-refractivity contribution is 0.0837. The summed E-state index contributed by atoms with van der Waals surface area (Å²) in [6, 6.07) is 11.6. The van der Waals surface area contributed by atoms with Gasteiger partial charge in [0.05, 0.1) is 5.69 Å². The van der Waals surface area contributed by atoms with Crippen LogP contribution in [0.25, 0.3) is 10.8 Å². The first-order chi connectivity index (χ1) is 13.0. The Labute approximate surface area is 151 Å². The normalized spacial score (nSPS) is 15.3. The summed E-state index contributed by atoms with van der Waals surface area (Å²) in [5.41, 5.74) is 1.30. The first-order valence-electron chi connectivity index (χ1n) is 8.10. The van der Waals surface area contributed by atoms with Crippen LogP contribution in [-0.4, -0.2) is 28.7 Å². The third-order valence-corrected chi connectivity index (χ3v) is 4.85. The fourth-order valence-electron chi connectivity index (χ4n) is 3.64. The average molecular weight is 358 g/mol. The number of imide groups is 2. The highest BCUT2D eigenvalue weighted by atomic mass is 16.3. The quantitative estimate of drug-likeness (QED) is 0.649. The molecule has 0 fully saturated rings. The number of hydrogen-bond donors (Lipinski definition) is 2. The minimum Gasteiger partial charge on any atom is -0.508 e. The average Bonchev–Trinajstić information content (AvgIpc) is 2.66. The van der Waals surface area contributed by atoms with E-state index in [0.29, 0.717) is 16.5 Å². The molecule has 3 aromatic rings. The van der Waals surface area contributed by atoms with Crippen molar-refractivity contribution in [1.82, 2.24) is 5.32 Å². The molecule has 27 heavy (non-hydrogen) atoms. The van der Waals surface area contributed by atoms with Gasteiger partial charge in [0.1, 0.15) is 5.75 Å². The van der Waals surface area contributed by atoms with E-state index in [9.17, 15) is 24.3 Å². The minimum atomic E-state index is -0.558. The summed E-state index contributed by atoms with van der Waals surface area (Å²) in [7, 11) is 0. The molecule has 2 heterocycles. The highest BCUT2D eigenvalue weighted by Gasteiger charge is 2.37. The Balaban J connectivity index is 1.82. The molecule has 4 amide bonds. The number of nitrogens with zero attached hydrogens (tertiary/aromatic N) is 1. The summed E-state index contributed by atoms with van der Waals surface area (Å²) in [4.78, 5) is 51.4. The van der Waals surface area contributed by atoms with E-state index >= 15 is 0 Å². The Morgan fingerprint density at radius 3 is 1.59 bits per heavy atom. The van der Waals surface area contributed by atoms with Gasteiger partial charge in [-0.2, -0.15) is 0 Å². The predicted octanol–water partition coefficient (Wildman–Crippen LogP) is 2.23. The molecule has 3 aromatic carbocycles. The SMILES string of the molecule is O=C1NC(=O)c2ccc3c4c(ccc1c24)C(=O)N(c1ccc(O)cc1)C3=O. The monoisotopic (exact) mass is 358 g/mol. The van der Waals surface area contributed by atoms with Crippen LogP contribution in [0.2, 0.25) is 0 Å². The molecule has 130 valence electrons. The molecule has 0 unspecified atom stereocenters. The van der Waals surface area contributed by atoms with Crippen LogP contribution in [0.5, 0.6) is 5.75 Å². The molecular formula is C20H10N2O5. The van der Waals surface area contributed by atoms with Crippen molar-refractivity contribution in [2.24, 2.45) is 0 Å². The Kier molecular flexibility index (Phi) is 2.83. The number of nitrogens with one attached hydrogen (secondary N) is 1. The van der Waals surface area contributed by atoms with Crippen LogP contribution in [0.1, 0.15) is 41.4 Å². The lowest BCUT2D eigenvalue weighted by Crippen LogP contribution is -2.42. The third kappa shape index (κ3) is 1.90. The molecule has 2 aliphatic heterocycles. The molecule has 5 rings (SSSR count). The van der Waals surface area contributed by atoms with Crippen LogP contribution < -0.4 is 10.2 Å². The molecule has 7 heteroatoms. The standard InChI is InChI=1S/C20H10N2O5/c23-10-3-1-9(2-4-10)22-19(26)13-7-5-11-15-12(18(25)21-17(11)24)6-8-14(16(13)15)20(22)27/h1-8,23H,(H,21,24,25). The zero-order chi connectivity index (χ0) is 18.9. The smallest absolute Gasteiger partial charge is 0.265 e. The largest absolute Gasteiger partial charge is 0.508 e. The number of phenolic OH excluding ortho intramolecular Hbond substituents is 1. The zero-order valence-corrected chi connectivity index (χ0v) is 13.6. The van der Waals surface area contributed by atoms with E-state index in [1.807, 2.05) is 0 Å². The van der Waals surface area contributed by atoms with E-state index in [4.69, 9.17) is 0 Å². The van der Waals surface area contributed by atoms with Crippen molar-refractivity contribution in [3.8, 4) is 5.75 Å². The number of carbonyl (C=O) groups is 4. The summed E-state index contributed by atoms with van der Waals surface area (Å²) in [5.74, 6) is -2.21. The van der Waals surface area contributed by atoms with E-state index in [-0.39, 0.29) is 28.0 Å². The summed E-state index contributed by atoms with van der Waals surface area (Å²) in [5, 5.41) is 12.3. The van der Waals surface area contributed by atoms with Gasteiger partial charge in [0.2, 0.25) is 0 Å². The Morgan fingerprint density at radius 2 is 1.07 bits per heavy atom. The Bertz CT molecular complexity index is 1160. The molecule has 0 atom stereocenters. The number of anilines is 1. The van der Waals surface area contributed by atoms with Crippen molar-refractivity contribution >= 4 is 40.1 Å². The highest BCUT2D eigenvalue weighted by Crippen LogP contribution is 2.37. The zero-order valence-electron chi connectivity index (χ0n) is 13.6. The molecule has 2 N–H and O–H groups in total. The fourth-order valence-corrected chi connectivity index (χ4v) is 3.64. The van der Waals surface area contributed by atoms with Crippen molar-refractivity contribution in [3.63, 3.8) is 0 Å². The second-order valence-electron chi connectivity index (χ2n) is 6.32. The van der Waals surface area contributed by atoms with Gasteiger partial charge in [-0.05, 0) is 48.5 Å². The first kappa shape index (κ1) is 15.3. The van der Waals surface area contributed by atoms with Gasteiger partial charge in [-0.15, -0.1) is 0 Å². The summed E-state index contributed by atoms with van der Waals surface area (Å²) < 4.78 is 0. The fraction of sp³-hybridized carbons (Fsp3) is 0. The topological polar surface area (TPSA) is 104 Å². The minimum absolute atomic E-state index is 0.0131. The lowest BCUT2D eigenvalue weighted by Gasteiger charge is -2.29. The predicted molar refractivity (Wildman–Crippen MR) is 95.0 cm³/mol. The molecule has 7 nitrogen and oxygen atoms in total. The van der Waals surface area contributed by atoms with E-state index in [0.717, 1.165) is 4.90 Å². The molecule has 0 aromatic heterocycles. The van der Waals surface area contributed by atoms with E-state index in [1.165, 1.54) is 48.5 Å². The van der Waals surface area contributed by atoms with Crippen LogP contribution in [0.3, 0.4) is 0 Å². The second-order valence-corrected chi connectivity index (χ2v) is 6.32. The van der Waals surface area contributed by atoms with Crippen LogP contribution in [-0.2, 0) is 0 Å². The maximum absolute atomic E-state index is 13.0. The molecule has 0 radical (unpaired) electrons. The van der Waals surface area contributed by atoms with Crippen LogP contribution in [0.15, 0.2) is 48.5 Å². The van der Waals surface area contributed by atoms with Gasteiger partial charge in [-0.25, -0.2) is 4.90 Å². The number of phenols is 1. The molecular weight excluding hydrogens is 348 g/mol.